The van der Waals surface area contributed by atoms with E-state index in [-0.39, 0.29) is 23.1 Å². The van der Waals surface area contributed by atoms with Crippen LogP contribution in [0.25, 0.3) is 0 Å². The van der Waals surface area contributed by atoms with Crippen LogP contribution in [0.2, 0.25) is 5.02 Å². The number of carbonyl (C=O) groups excluding carboxylic acids is 1. The van der Waals surface area contributed by atoms with Crippen LogP contribution in [0, 0.1) is 17.0 Å². The van der Waals surface area contributed by atoms with E-state index in [1.807, 2.05) is 12.3 Å². The first-order valence-electron chi connectivity index (χ1n) is 5.74. The predicted molar refractivity (Wildman–Crippen MR) is 79.1 cm³/mol. The molecule has 0 aliphatic carbocycles. The number of ether oxygens (including phenoxy) is 1. The minimum absolute atomic E-state index is 0.0714. The van der Waals surface area contributed by atoms with Crippen molar-refractivity contribution in [2.24, 2.45) is 0 Å². The number of carbonyl (C=O) groups is 1. The van der Waals surface area contributed by atoms with Gasteiger partial charge >= 0.3 is 0 Å². The lowest BCUT2D eigenvalue weighted by atomic mass is 10.3. The van der Waals surface area contributed by atoms with Crippen molar-refractivity contribution in [1.82, 2.24) is 4.98 Å². The highest BCUT2D eigenvalue weighted by molar-refractivity contribution is 7.13. The molecule has 0 radical (unpaired) electrons. The molecule has 0 spiro atoms. The van der Waals surface area contributed by atoms with Crippen molar-refractivity contribution in [3.63, 3.8) is 0 Å². The number of benzene rings is 1. The number of anilines is 1. The molecule has 0 aliphatic rings. The molecular formula is C12H10ClN3O4S. The fourth-order valence-corrected chi connectivity index (χ4v) is 2.36. The van der Waals surface area contributed by atoms with E-state index < -0.39 is 10.8 Å². The average Bonchev–Trinajstić information content (AvgIpc) is 2.82. The monoisotopic (exact) mass is 327 g/mol. The van der Waals surface area contributed by atoms with Crippen molar-refractivity contribution >= 4 is 39.7 Å². The number of hydrogen-bond acceptors (Lipinski definition) is 6. The van der Waals surface area contributed by atoms with Crippen LogP contribution in [0.1, 0.15) is 5.69 Å². The zero-order valence-corrected chi connectivity index (χ0v) is 12.4. The number of amides is 1. The largest absolute Gasteiger partial charge is 0.482 e. The van der Waals surface area contributed by atoms with Crippen LogP contribution in [0.5, 0.6) is 5.75 Å². The number of nitro groups is 1. The number of hydrogen-bond donors (Lipinski definition) is 1. The lowest BCUT2D eigenvalue weighted by Gasteiger charge is -2.07. The summed E-state index contributed by atoms with van der Waals surface area (Å²) < 4.78 is 5.22. The molecule has 1 aromatic carbocycles. The van der Waals surface area contributed by atoms with Crippen molar-refractivity contribution in [3.8, 4) is 5.75 Å². The number of thiazole rings is 1. The standard InChI is InChI=1S/C12H10ClN3O4S/c1-7-6-21-12(14-7)15-11(17)5-20-10-3-2-8(16(18)19)4-9(10)13/h2-4,6H,5H2,1H3,(H,14,15,17). The maximum absolute atomic E-state index is 11.7. The molecular weight excluding hydrogens is 318 g/mol. The van der Waals surface area contributed by atoms with E-state index in [9.17, 15) is 14.9 Å². The van der Waals surface area contributed by atoms with Crippen molar-refractivity contribution in [2.75, 3.05) is 11.9 Å². The molecule has 2 aromatic rings. The van der Waals surface area contributed by atoms with Gasteiger partial charge in [-0.15, -0.1) is 11.3 Å². The van der Waals surface area contributed by atoms with Crippen LogP contribution in [0.15, 0.2) is 23.6 Å². The van der Waals surface area contributed by atoms with Gasteiger partial charge in [-0.1, -0.05) is 11.6 Å². The number of aryl methyl sites for hydroxylation is 1. The van der Waals surface area contributed by atoms with Gasteiger partial charge in [-0.25, -0.2) is 4.98 Å². The fraction of sp³-hybridized carbons (Fsp3) is 0.167. The Kier molecular flexibility index (Phi) is 4.71. The number of aromatic nitrogens is 1. The van der Waals surface area contributed by atoms with Crippen LogP contribution < -0.4 is 10.1 Å². The van der Waals surface area contributed by atoms with E-state index in [1.165, 1.54) is 29.5 Å². The molecule has 7 nitrogen and oxygen atoms in total. The van der Waals surface area contributed by atoms with Gasteiger partial charge in [0.2, 0.25) is 0 Å². The number of non-ortho nitro benzene ring substituents is 1. The minimum Gasteiger partial charge on any atom is -0.482 e. The first-order chi connectivity index (χ1) is 9.95. The summed E-state index contributed by atoms with van der Waals surface area (Å²) in [6, 6.07) is 3.77. The second-order valence-electron chi connectivity index (χ2n) is 4.00. The van der Waals surface area contributed by atoms with Gasteiger partial charge in [-0.05, 0) is 13.0 Å². The molecule has 9 heteroatoms. The molecule has 1 heterocycles. The Hall–Kier alpha value is -2.19. The SMILES string of the molecule is Cc1csc(NC(=O)COc2ccc([N+](=O)[O-])cc2Cl)n1. The topological polar surface area (TPSA) is 94.4 Å². The number of halogens is 1. The maximum Gasteiger partial charge on any atom is 0.271 e. The Balaban J connectivity index is 1.93. The highest BCUT2D eigenvalue weighted by Gasteiger charge is 2.12. The van der Waals surface area contributed by atoms with Gasteiger partial charge < -0.3 is 4.74 Å². The third-order valence-corrected chi connectivity index (χ3v) is 3.52. The number of nitrogens with zero attached hydrogens (tertiary/aromatic N) is 2. The van der Waals surface area contributed by atoms with Crippen LogP contribution in [-0.2, 0) is 4.79 Å². The van der Waals surface area contributed by atoms with E-state index in [0.29, 0.717) is 5.13 Å². The summed E-state index contributed by atoms with van der Waals surface area (Å²) in [6.45, 7) is 1.55. The second kappa shape index (κ2) is 6.51. The molecule has 2 rings (SSSR count). The molecule has 1 N–H and O–H groups in total. The van der Waals surface area contributed by atoms with Gasteiger partial charge in [0.25, 0.3) is 11.6 Å². The molecule has 1 aromatic heterocycles. The van der Waals surface area contributed by atoms with Crippen LogP contribution >= 0.6 is 22.9 Å². The molecule has 0 saturated carbocycles. The molecule has 0 bridgehead atoms. The molecule has 1 amide bonds. The zero-order chi connectivity index (χ0) is 15.4. The second-order valence-corrected chi connectivity index (χ2v) is 5.27. The van der Waals surface area contributed by atoms with Crippen LogP contribution in [-0.4, -0.2) is 22.4 Å². The molecule has 0 fully saturated rings. The van der Waals surface area contributed by atoms with Gasteiger partial charge in [-0.2, -0.15) is 0 Å². The maximum atomic E-state index is 11.7. The zero-order valence-electron chi connectivity index (χ0n) is 10.8. The van der Waals surface area contributed by atoms with Gasteiger partial charge in [0.15, 0.2) is 11.7 Å². The van der Waals surface area contributed by atoms with Crippen LogP contribution in [0.3, 0.4) is 0 Å². The summed E-state index contributed by atoms with van der Waals surface area (Å²) in [5.74, 6) is -0.188. The Bertz CT molecular complexity index is 689. The Morgan fingerprint density at radius 2 is 2.33 bits per heavy atom. The smallest absolute Gasteiger partial charge is 0.271 e. The normalized spacial score (nSPS) is 10.2. The summed E-state index contributed by atoms with van der Waals surface area (Å²) in [4.78, 5) is 25.8. The molecule has 0 atom stereocenters. The summed E-state index contributed by atoms with van der Waals surface area (Å²) in [6.07, 6.45) is 0. The molecule has 0 aliphatic heterocycles. The van der Waals surface area contributed by atoms with Gasteiger partial charge in [0.05, 0.1) is 15.6 Å². The molecule has 0 unspecified atom stereocenters. The number of nitrogens with one attached hydrogen (secondary N) is 1. The third-order valence-electron chi connectivity index (χ3n) is 2.35. The summed E-state index contributed by atoms with van der Waals surface area (Å²) in [5, 5.41) is 15.5. The predicted octanol–water partition coefficient (Wildman–Crippen LogP) is 3.03. The highest BCUT2D eigenvalue weighted by Crippen LogP contribution is 2.28. The van der Waals surface area contributed by atoms with Gasteiger partial charge in [0, 0.05) is 17.5 Å². The summed E-state index contributed by atoms with van der Waals surface area (Å²) in [5.41, 5.74) is 0.671. The summed E-state index contributed by atoms with van der Waals surface area (Å²) in [7, 11) is 0. The third kappa shape index (κ3) is 4.14. The molecule has 0 saturated heterocycles. The number of rotatable bonds is 5. The Morgan fingerprint density at radius 1 is 1.57 bits per heavy atom. The lowest BCUT2D eigenvalue weighted by molar-refractivity contribution is -0.384. The Labute approximate surface area is 128 Å². The highest BCUT2D eigenvalue weighted by atomic mass is 35.5. The molecule has 110 valence electrons. The first kappa shape index (κ1) is 15.2. The van der Waals surface area contributed by atoms with Gasteiger partial charge in [0.1, 0.15) is 5.75 Å². The van der Waals surface area contributed by atoms with E-state index in [2.05, 4.69) is 10.3 Å². The fourth-order valence-electron chi connectivity index (χ4n) is 1.43. The first-order valence-corrected chi connectivity index (χ1v) is 7.00. The summed E-state index contributed by atoms with van der Waals surface area (Å²) >= 11 is 7.16. The van der Waals surface area contributed by atoms with Crippen molar-refractivity contribution in [3.05, 3.63) is 44.4 Å². The Morgan fingerprint density at radius 3 is 2.90 bits per heavy atom. The van der Waals surface area contributed by atoms with Crippen LogP contribution in [0.4, 0.5) is 10.8 Å². The van der Waals surface area contributed by atoms with Gasteiger partial charge in [-0.3, -0.25) is 20.2 Å². The van der Waals surface area contributed by atoms with E-state index in [0.717, 1.165) is 5.69 Å². The van der Waals surface area contributed by atoms with Crippen molar-refractivity contribution in [2.45, 2.75) is 6.92 Å². The van der Waals surface area contributed by atoms with Crippen molar-refractivity contribution in [1.29, 1.82) is 0 Å². The quantitative estimate of drug-likeness (QED) is 0.672. The lowest BCUT2D eigenvalue weighted by Crippen LogP contribution is -2.20. The number of nitro benzene ring substituents is 1. The van der Waals surface area contributed by atoms with E-state index in [1.54, 1.807) is 0 Å². The van der Waals surface area contributed by atoms with E-state index >= 15 is 0 Å². The molecule has 21 heavy (non-hydrogen) atoms. The van der Waals surface area contributed by atoms with E-state index in [4.69, 9.17) is 16.3 Å². The average molecular weight is 328 g/mol. The minimum atomic E-state index is -0.562. The van der Waals surface area contributed by atoms with Crippen molar-refractivity contribution < 1.29 is 14.5 Å².